The third kappa shape index (κ3) is 4.56. The Kier molecular flexibility index (Phi) is 5.15. The Morgan fingerprint density at radius 3 is 2.47 bits per heavy atom. The number of hydrogen-bond donors (Lipinski definition) is 1. The molecule has 94 valence electrons. The summed E-state index contributed by atoms with van der Waals surface area (Å²) < 4.78 is 26.3. The van der Waals surface area contributed by atoms with Gasteiger partial charge in [-0.25, -0.2) is 9.65 Å². The third-order valence-corrected chi connectivity index (χ3v) is 3.33. The van der Waals surface area contributed by atoms with Crippen LogP contribution in [0.5, 0.6) is 5.75 Å². The third-order valence-electron chi connectivity index (χ3n) is 1.85. The Morgan fingerprint density at radius 1 is 1.29 bits per heavy atom. The van der Waals surface area contributed by atoms with Crippen molar-refractivity contribution in [1.29, 1.82) is 0 Å². The van der Waals surface area contributed by atoms with Crippen molar-refractivity contribution in [3.63, 3.8) is 0 Å². The van der Waals surface area contributed by atoms with Crippen LogP contribution in [0.3, 0.4) is 0 Å². The molecule has 0 aromatic heterocycles. The van der Waals surface area contributed by atoms with Gasteiger partial charge in [0.05, 0.1) is 7.11 Å². The summed E-state index contributed by atoms with van der Waals surface area (Å²) in [5.41, 5.74) is 0. The zero-order valence-corrected chi connectivity index (χ0v) is 10.5. The van der Waals surface area contributed by atoms with Crippen LogP contribution in [-0.4, -0.2) is 26.7 Å². The van der Waals surface area contributed by atoms with E-state index in [0.29, 0.717) is 5.75 Å². The molecule has 0 aliphatic rings. The van der Waals surface area contributed by atoms with Gasteiger partial charge in [0.2, 0.25) is 0 Å². The molecule has 0 fully saturated rings. The van der Waals surface area contributed by atoms with Crippen LogP contribution in [-0.2, 0) is 18.6 Å². The normalized spacial score (nSPS) is 13.8. The van der Waals surface area contributed by atoms with Crippen LogP contribution in [0, 0.1) is 0 Å². The number of carbonyl (C=O) groups is 1. The summed E-state index contributed by atoms with van der Waals surface area (Å²) in [6.45, 7) is -0.256. The molecular weight excluding hydrogens is 245 g/mol. The lowest BCUT2D eigenvalue weighted by molar-refractivity contribution is -0.139. The zero-order chi connectivity index (χ0) is 12.7. The van der Waals surface area contributed by atoms with E-state index in [2.05, 4.69) is 9.82 Å². The standard InChI is InChI=1S/C10H14NO5P/c1-14-10(12)8-11-17(13,15-2)16-9-6-4-3-5-7-9/h3-7H,8H2,1-2H3,(H,11,13). The second-order valence-electron chi connectivity index (χ2n) is 3.00. The number of carbonyl (C=O) groups excluding carboxylic acids is 1. The fourth-order valence-corrected chi connectivity index (χ4v) is 1.98. The van der Waals surface area contributed by atoms with Crippen LogP contribution in [0.2, 0.25) is 0 Å². The molecule has 17 heavy (non-hydrogen) atoms. The number of benzene rings is 1. The number of esters is 1. The number of hydrogen-bond acceptors (Lipinski definition) is 5. The lowest BCUT2D eigenvalue weighted by Gasteiger charge is -2.17. The number of para-hydroxylation sites is 1. The molecule has 0 aliphatic carbocycles. The Hall–Kier alpha value is -1.36. The molecule has 0 radical (unpaired) electrons. The molecule has 0 saturated carbocycles. The Balaban J connectivity index is 2.63. The van der Waals surface area contributed by atoms with E-state index in [1.165, 1.54) is 14.2 Å². The van der Waals surface area contributed by atoms with E-state index in [-0.39, 0.29) is 6.54 Å². The van der Waals surface area contributed by atoms with Crippen LogP contribution in [0.25, 0.3) is 0 Å². The second-order valence-corrected chi connectivity index (χ2v) is 4.85. The van der Waals surface area contributed by atoms with Gasteiger partial charge in [-0.15, -0.1) is 0 Å². The van der Waals surface area contributed by atoms with Gasteiger partial charge >= 0.3 is 13.7 Å². The molecule has 1 N–H and O–H groups in total. The Morgan fingerprint density at radius 2 is 1.94 bits per heavy atom. The molecule has 0 bridgehead atoms. The summed E-state index contributed by atoms with van der Waals surface area (Å²) in [4.78, 5) is 10.9. The van der Waals surface area contributed by atoms with Crippen molar-refractivity contribution >= 4 is 13.7 Å². The molecule has 6 nitrogen and oxygen atoms in total. The van der Waals surface area contributed by atoms with E-state index in [1.807, 2.05) is 0 Å². The average molecular weight is 259 g/mol. The van der Waals surface area contributed by atoms with Gasteiger partial charge in [0.1, 0.15) is 12.3 Å². The van der Waals surface area contributed by atoms with E-state index in [0.717, 1.165) is 0 Å². The summed E-state index contributed by atoms with van der Waals surface area (Å²) in [6, 6.07) is 8.52. The van der Waals surface area contributed by atoms with Crippen LogP contribution in [0.1, 0.15) is 0 Å². The molecule has 0 aliphatic heterocycles. The number of methoxy groups -OCH3 is 1. The summed E-state index contributed by atoms with van der Waals surface area (Å²) in [5.74, 6) is -0.172. The number of nitrogens with one attached hydrogen (secondary N) is 1. The maximum absolute atomic E-state index is 12.0. The Labute approximate surface area is 99.5 Å². The molecule has 0 heterocycles. The lowest BCUT2D eigenvalue weighted by Crippen LogP contribution is -2.24. The van der Waals surface area contributed by atoms with Gasteiger partial charge < -0.3 is 9.26 Å². The van der Waals surface area contributed by atoms with Crippen LogP contribution in [0.4, 0.5) is 0 Å². The van der Waals surface area contributed by atoms with Crippen LogP contribution >= 0.6 is 7.75 Å². The van der Waals surface area contributed by atoms with Gasteiger partial charge in [0, 0.05) is 7.11 Å². The topological polar surface area (TPSA) is 73.9 Å². The second kappa shape index (κ2) is 6.39. The van der Waals surface area contributed by atoms with E-state index in [4.69, 9.17) is 9.05 Å². The SMILES string of the molecule is COC(=O)CNP(=O)(OC)Oc1ccccc1. The predicted molar refractivity (Wildman–Crippen MR) is 61.7 cm³/mol. The summed E-state index contributed by atoms with van der Waals surface area (Å²) >= 11 is 0. The zero-order valence-electron chi connectivity index (χ0n) is 9.58. The van der Waals surface area contributed by atoms with Gasteiger partial charge in [-0.3, -0.25) is 9.32 Å². The smallest absolute Gasteiger partial charge is 0.458 e. The van der Waals surface area contributed by atoms with Gasteiger partial charge in [-0.2, -0.15) is 0 Å². The van der Waals surface area contributed by atoms with Crippen molar-refractivity contribution in [2.75, 3.05) is 20.8 Å². The molecule has 0 saturated heterocycles. The molecule has 1 aromatic carbocycles. The van der Waals surface area contributed by atoms with Crippen molar-refractivity contribution in [2.24, 2.45) is 0 Å². The Bertz CT molecular complexity index is 408. The quantitative estimate of drug-likeness (QED) is 0.617. The van der Waals surface area contributed by atoms with Crippen molar-refractivity contribution < 1.29 is 23.1 Å². The van der Waals surface area contributed by atoms with Gasteiger partial charge in [-0.1, -0.05) is 18.2 Å². The molecule has 1 unspecified atom stereocenters. The molecule has 1 aromatic rings. The van der Waals surface area contributed by atoms with E-state index in [1.54, 1.807) is 30.3 Å². The summed E-state index contributed by atoms with van der Waals surface area (Å²) in [5, 5.41) is 2.38. The first-order chi connectivity index (χ1) is 8.09. The first-order valence-corrected chi connectivity index (χ1v) is 6.36. The van der Waals surface area contributed by atoms with Crippen molar-refractivity contribution in [3.8, 4) is 5.75 Å². The minimum absolute atomic E-state index is 0.256. The van der Waals surface area contributed by atoms with Crippen molar-refractivity contribution in [2.45, 2.75) is 0 Å². The molecule has 0 spiro atoms. The first-order valence-electron chi connectivity index (χ1n) is 4.82. The van der Waals surface area contributed by atoms with Crippen molar-refractivity contribution in [3.05, 3.63) is 30.3 Å². The predicted octanol–water partition coefficient (Wildman–Crippen LogP) is 1.58. The highest BCUT2D eigenvalue weighted by molar-refractivity contribution is 7.52. The van der Waals surface area contributed by atoms with Gasteiger partial charge in [0.15, 0.2) is 0 Å². The van der Waals surface area contributed by atoms with Crippen LogP contribution in [0.15, 0.2) is 30.3 Å². The number of ether oxygens (including phenoxy) is 1. The fraction of sp³-hybridized carbons (Fsp3) is 0.300. The molecule has 0 amide bonds. The van der Waals surface area contributed by atoms with Gasteiger partial charge in [0.25, 0.3) is 0 Å². The average Bonchev–Trinajstić information content (AvgIpc) is 2.37. The highest BCUT2D eigenvalue weighted by Crippen LogP contribution is 2.42. The highest BCUT2D eigenvalue weighted by atomic mass is 31.2. The maximum atomic E-state index is 12.0. The lowest BCUT2D eigenvalue weighted by atomic mass is 10.3. The van der Waals surface area contributed by atoms with E-state index >= 15 is 0 Å². The van der Waals surface area contributed by atoms with E-state index < -0.39 is 13.7 Å². The van der Waals surface area contributed by atoms with Gasteiger partial charge in [-0.05, 0) is 12.1 Å². The monoisotopic (exact) mass is 259 g/mol. The largest absolute Gasteiger partial charge is 0.468 e. The summed E-state index contributed by atoms with van der Waals surface area (Å²) in [6.07, 6.45) is 0. The minimum atomic E-state index is -3.54. The molecule has 1 atom stereocenters. The number of rotatable bonds is 6. The fourth-order valence-electron chi connectivity index (χ4n) is 0.988. The maximum Gasteiger partial charge on any atom is 0.458 e. The minimum Gasteiger partial charge on any atom is -0.468 e. The van der Waals surface area contributed by atoms with E-state index in [9.17, 15) is 9.36 Å². The first kappa shape index (κ1) is 13.7. The summed E-state index contributed by atoms with van der Waals surface area (Å²) in [7, 11) is -1.07. The van der Waals surface area contributed by atoms with Crippen LogP contribution < -0.4 is 9.61 Å². The molecular formula is C10H14NO5P. The van der Waals surface area contributed by atoms with Crippen molar-refractivity contribution in [1.82, 2.24) is 5.09 Å². The highest BCUT2D eigenvalue weighted by Gasteiger charge is 2.25. The molecule has 7 heteroatoms. The molecule has 1 rings (SSSR count).